The van der Waals surface area contributed by atoms with Gasteiger partial charge in [-0.15, -0.1) is 0 Å². The van der Waals surface area contributed by atoms with Crippen molar-refractivity contribution in [3.63, 3.8) is 0 Å². The van der Waals surface area contributed by atoms with Crippen LogP contribution in [0.5, 0.6) is 0 Å². The number of fused-ring (bicyclic) bond motifs is 4. The summed E-state index contributed by atoms with van der Waals surface area (Å²) in [6, 6.07) is 27.3. The zero-order valence-corrected chi connectivity index (χ0v) is 21.3. The minimum absolute atomic E-state index is 0.194. The van der Waals surface area contributed by atoms with Gasteiger partial charge >= 0.3 is 0 Å². The molecular weight excluding hydrogens is 486 g/mol. The van der Waals surface area contributed by atoms with Gasteiger partial charge in [0.05, 0.1) is 34.1 Å². The second-order valence-electron chi connectivity index (χ2n) is 9.95. The Kier molecular flexibility index (Phi) is 5.71. The summed E-state index contributed by atoms with van der Waals surface area (Å²) in [5, 5.41) is 6.90. The molecule has 1 saturated heterocycles. The van der Waals surface area contributed by atoms with Crippen molar-refractivity contribution in [1.29, 1.82) is 0 Å². The zero-order chi connectivity index (χ0) is 26.3. The molecule has 0 radical (unpaired) electrons. The van der Waals surface area contributed by atoms with Crippen molar-refractivity contribution in [2.24, 2.45) is 5.73 Å². The van der Waals surface area contributed by atoms with Crippen molar-refractivity contribution in [1.82, 2.24) is 14.5 Å². The summed E-state index contributed by atoms with van der Waals surface area (Å²) in [6.07, 6.45) is 5.40. The van der Waals surface area contributed by atoms with Crippen LogP contribution in [0.1, 0.15) is 23.3 Å². The Morgan fingerprint density at radius 2 is 1.69 bits per heavy atom. The fourth-order valence-electron chi connectivity index (χ4n) is 5.70. The Bertz CT molecular complexity index is 1870. The lowest BCUT2D eigenvalue weighted by atomic mass is 9.99. The maximum absolute atomic E-state index is 12.3. The summed E-state index contributed by atoms with van der Waals surface area (Å²) >= 11 is 0. The van der Waals surface area contributed by atoms with E-state index in [9.17, 15) is 4.79 Å². The van der Waals surface area contributed by atoms with Crippen LogP contribution in [-0.2, 0) is 4.74 Å². The van der Waals surface area contributed by atoms with Gasteiger partial charge in [-0.1, -0.05) is 48.5 Å². The Balaban J connectivity index is 1.44. The number of hydrogen-bond acceptors (Lipinski definition) is 5. The first kappa shape index (κ1) is 23.4. The molecule has 192 valence electrons. The van der Waals surface area contributed by atoms with Gasteiger partial charge in [0.1, 0.15) is 0 Å². The van der Waals surface area contributed by atoms with Crippen LogP contribution >= 0.6 is 0 Å². The minimum atomic E-state index is -0.551. The van der Waals surface area contributed by atoms with Crippen LogP contribution in [0.15, 0.2) is 91.3 Å². The van der Waals surface area contributed by atoms with E-state index in [1.807, 2.05) is 36.5 Å². The Hall–Kier alpha value is -4.75. The monoisotopic (exact) mass is 513 g/mol. The van der Waals surface area contributed by atoms with E-state index in [2.05, 4.69) is 63.4 Å². The normalized spacial score (nSPS) is 14.3. The highest BCUT2D eigenvalue weighted by Gasteiger charge is 2.21. The third-order valence-electron chi connectivity index (χ3n) is 7.54. The molecule has 0 saturated carbocycles. The number of rotatable bonds is 5. The van der Waals surface area contributed by atoms with Crippen molar-refractivity contribution in [3.8, 4) is 16.8 Å². The third kappa shape index (κ3) is 4.08. The highest BCUT2D eigenvalue weighted by Crippen LogP contribution is 2.39. The van der Waals surface area contributed by atoms with Crippen molar-refractivity contribution >= 4 is 44.3 Å². The molecule has 3 aromatic heterocycles. The smallest absolute Gasteiger partial charge is 0.269 e. The molecule has 0 bridgehead atoms. The van der Waals surface area contributed by atoms with Crippen LogP contribution in [-0.4, -0.2) is 39.7 Å². The fraction of sp³-hybridized carbons (Fsp3) is 0.156. The molecule has 1 amide bonds. The van der Waals surface area contributed by atoms with Gasteiger partial charge in [-0.2, -0.15) is 0 Å². The standard InChI is InChI=1S/C32H27N5O2/c33-32(38)31-27(36-22-12-14-39-15-13-22)17-23(19-35-31)37-28-10-4-2-7-25(28)30-24(8-5-11-29(30)37)21-16-20-6-1-3-9-26(20)34-18-21/h1-11,16-19,22,36H,12-15H2,(H2,33,38). The summed E-state index contributed by atoms with van der Waals surface area (Å²) < 4.78 is 7.71. The number of carbonyl (C=O) groups excluding carboxylic acids is 1. The Labute approximate surface area is 225 Å². The number of carbonyl (C=O) groups is 1. The van der Waals surface area contributed by atoms with E-state index in [0.717, 1.165) is 62.4 Å². The maximum Gasteiger partial charge on any atom is 0.269 e. The number of aromatic nitrogens is 3. The molecule has 39 heavy (non-hydrogen) atoms. The van der Waals surface area contributed by atoms with Gasteiger partial charge < -0.3 is 20.4 Å². The van der Waals surface area contributed by atoms with Crippen LogP contribution in [0.25, 0.3) is 49.5 Å². The molecule has 1 aliphatic heterocycles. The average molecular weight is 514 g/mol. The van der Waals surface area contributed by atoms with Crippen molar-refractivity contribution in [2.75, 3.05) is 18.5 Å². The quantitative estimate of drug-likeness (QED) is 0.291. The number of benzene rings is 3. The first-order valence-electron chi connectivity index (χ1n) is 13.2. The number of amides is 1. The lowest BCUT2D eigenvalue weighted by Gasteiger charge is -2.25. The topological polar surface area (TPSA) is 95.1 Å². The van der Waals surface area contributed by atoms with Crippen LogP contribution < -0.4 is 11.1 Å². The summed E-state index contributed by atoms with van der Waals surface area (Å²) in [5.74, 6) is -0.551. The predicted molar refractivity (Wildman–Crippen MR) is 155 cm³/mol. The molecule has 3 N–H and O–H groups in total. The average Bonchev–Trinajstić information content (AvgIpc) is 3.32. The lowest BCUT2D eigenvalue weighted by molar-refractivity contribution is 0.0904. The van der Waals surface area contributed by atoms with E-state index >= 15 is 0 Å². The van der Waals surface area contributed by atoms with E-state index < -0.39 is 5.91 Å². The zero-order valence-electron chi connectivity index (χ0n) is 21.3. The number of para-hydroxylation sites is 2. The van der Waals surface area contributed by atoms with Crippen molar-refractivity contribution < 1.29 is 9.53 Å². The maximum atomic E-state index is 12.3. The largest absolute Gasteiger partial charge is 0.381 e. The van der Waals surface area contributed by atoms with Gasteiger partial charge in [-0.25, -0.2) is 4.98 Å². The molecule has 0 unspecified atom stereocenters. The second kappa shape index (κ2) is 9.53. The van der Waals surface area contributed by atoms with E-state index in [1.54, 1.807) is 6.20 Å². The number of pyridine rings is 2. The molecule has 7 nitrogen and oxygen atoms in total. The molecule has 1 fully saturated rings. The van der Waals surface area contributed by atoms with Crippen LogP contribution in [0, 0.1) is 0 Å². The number of ether oxygens (including phenoxy) is 1. The summed E-state index contributed by atoms with van der Waals surface area (Å²) in [7, 11) is 0. The summed E-state index contributed by atoms with van der Waals surface area (Å²) in [6.45, 7) is 1.38. The van der Waals surface area contributed by atoms with Crippen LogP contribution in [0.2, 0.25) is 0 Å². The minimum Gasteiger partial charge on any atom is -0.381 e. The molecule has 6 aromatic rings. The molecule has 0 aliphatic carbocycles. The predicted octanol–water partition coefficient (Wildman–Crippen LogP) is 6.08. The number of nitrogens with two attached hydrogens (primary N) is 1. The SMILES string of the molecule is NC(=O)c1ncc(-n2c3ccccc3c3c(-c4cnc5ccccc5c4)cccc32)cc1NC1CCOCC1. The van der Waals surface area contributed by atoms with Gasteiger partial charge in [-0.05, 0) is 48.7 Å². The number of hydrogen-bond donors (Lipinski definition) is 2. The van der Waals surface area contributed by atoms with E-state index in [-0.39, 0.29) is 11.7 Å². The van der Waals surface area contributed by atoms with Gasteiger partial charge in [0.15, 0.2) is 5.69 Å². The molecule has 1 aliphatic rings. The lowest BCUT2D eigenvalue weighted by Crippen LogP contribution is -2.29. The Morgan fingerprint density at radius 1 is 0.897 bits per heavy atom. The third-order valence-corrected chi connectivity index (χ3v) is 7.54. The molecule has 7 rings (SSSR count). The summed E-state index contributed by atoms with van der Waals surface area (Å²) in [4.78, 5) is 21.5. The van der Waals surface area contributed by atoms with Crippen LogP contribution in [0.4, 0.5) is 5.69 Å². The first-order valence-corrected chi connectivity index (χ1v) is 13.2. The molecule has 3 aromatic carbocycles. The first-order chi connectivity index (χ1) is 19.2. The number of anilines is 1. The highest BCUT2D eigenvalue weighted by atomic mass is 16.5. The second-order valence-corrected chi connectivity index (χ2v) is 9.95. The molecular formula is C32H27N5O2. The van der Waals surface area contributed by atoms with Gasteiger partial charge in [-0.3, -0.25) is 9.78 Å². The van der Waals surface area contributed by atoms with E-state index in [4.69, 9.17) is 15.5 Å². The van der Waals surface area contributed by atoms with Gasteiger partial charge in [0, 0.05) is 47.2 Å². The van der Waals surface area contributed by atoms with E-state index in [1.165, 1.54) is 0 Å². The van der Waals surface area contributed by atoms with Crippen molar-refractivity contribution in [3.05, 3.63) is 97.0 Å². The molecule has 4 heterocycles. The van der Waals surface area contributed by atoms with E-state index in [0.29, 0.717) is 18.9 Å². The molecule has 0 spiro atoms. The Morgan fingerprint density at radius 3 is 2.56 bits per heavy atom. The number of primary amides is 1. The number of nitrogens with one attached hydrogen (secondary N) is 1. The molecule has 7 heteroatoms. The van der Waals surface area contributed by atoms with Gasteiger partial charge in [0.2, 0.25) is 0 Å². The molecule has 0 atom stereocenters. The highest BCUT2D eigenvalue weighted by molar-refractivity contribution is 6.16. The van der Waals surface area contributed by atoms with Crippen molar-refractivity contribution in [2.45, 2.75) is 18.9 Å². The van der Waals surface area contributed by atoms with Crippen LogP contribution in [0.3, 0.4) is 0 Å². The summed E-state index contributed by atoms with van der Waals surface area (Å²) in [5.41, 5.74) is 12.7. The number of nitrogens with zero attached hydrogens (tertiary/aromatic N) is 3. The fourth-order valence-corrected chi connectivity index (χ4v) is 5.70. The van der Waals surface area contributed by atoms with Gasteiger partial charge in [0.25, 0.3) is 5.91 Å².